The number of benzene rings is 2. The van der Waals surface area contributed by atoms with Crippen molar-refractivity contribution in [2.75, 3.05) is 29.2 Å². The van der Waals surface area contributed by atoms with Crippen molar-refractivity contribution in [1.29, 1.82) is 0 Å². The molecule has 2 aromatic carbocycles. The van der Waals surface area contributed by atoms with Gasteiger partial charge in [-0.1, -0.05) is 18.2 Å². The highest BCUT2D eigenvalue weighted by Crippen LogP contribution is 2.19. The molecule has 0 saturated carbocycles. The molecule has 138 valence electrons. The molecule has 2 N–H and O–H groups in total. The van der Waals surface area contributed by atoms with Crippen LogP contribution in [-0.4, -0.2) is 39.4 Å². The SMILES string of the molecule is CSc1cccc(NC(=O)COC(=O)c2ccccc2NS(C)(=O)=O)c1. The smallest absolute Gasteiger partial charge is 0.340 e. The van der Waals surface area contributed by atoms with Crippen LogP contribution in [0, 0.1) is 0 Å². The molecule has 9 heteroatoms. The molecular weight excluding hydrogens is 376 g/mol. The van der Waals surface area contributed by atoms with Crippen LogP contribution in [0.1, 0.15) is 10.4 Å². The first-order valence-corrected chi connectivity index (χ1v) is 10.6. The van der Waals surface area contributed by atoms with Crippen molar-refractivity contribution in [2.45, 2.75) is 4.90 Å². The lowest BCUT2D eigenvalue weighted by molar-refractivity contribution is -0.119. The maximum atomic E-state index is 12.2. The summed E-state index contributed by atoms with van der Waals surface area (Å²) >= 11 is 1.54. The highest BCUT2D eigenvalue weighted by molar-refractivity contribution is 7.98. The van der Waals surface area contributed by atoms with Crippen LogP contribution in [-0.2, 0) is 19.6 Å². The van der Waals surface area contributed by atoms with E-state index in [1.54, 1.807) is 30.3 Å². The summed E-state index contributed by atoms with van der Waals surface area (Å²) in [6.07, 6.45) is 2.90. The van der Waals surface area contributed by atoms with Gasteiger partial charge in [-0.2, -0.15) is 0 Å². The average Bonchev–Trinajstić information content (AvgIpc) is 2.59. The van der Waals surface area contributed by atoms with Crippen molar-refractivity contribution in [2.24, 2.45) is 0 Å². The van der Waals surface area contributed by atoms with Crippen LogP contribution in [0.15, 0.2) is 53.4 Å². The van der Waals surface area contributed by atoms with Crippen molar-refractivity contribution >= 4 is 45.0 Å². The summed E-state index contributed by atoms with van der Waals surface area (Å²) in [6.45, 7) is -0.491. The number of nitrogens with one attached hydrogen (secondary N) is 2. The van der Waals surface area contributed by atoms with Crippen LogP contribution in [0.4, 0.5) is 11.4 Å². The molecule has 0 aliphatic rings. The first kappa shape index (κ1) is 19.8. The quantitative estimate of drug-likeness (QED) is 0.553. The topological polar surface area (TPSA) is 102 Å². The summed E-state index contributed by atoms with van der Waals surface area (Å²) in [7, 11) is -3.55. The van der Waals surface area contributed by atoms with Gasteiger partial charge in [-0.15, -0.1) is 11.8 Å². The van der Waals surface area contributed by atoms with E-state index in [2.05, 4.69) is 10.0 Å². The molecule has 7 nitrogen and oxygen atoms in total. The van der Waals surface area contributed by atoms with Crippen LogP contribution in [0.3, 0.4) is 0 Å². The van der Waals surface area contributed by atoms with Crippen molar-refractivity contribution in [3.8, 4) is 0 Å². The number of esters is 1. The van der Waals surface area contributed by atoms with E-state index < -0.39 is 28.5 Å². The third-order valence-electron chi connectivity index (χ3n) is 3.13. The van der Waals surface area contributed by atoms with E-state index in [1.807, 2.05) is 12.3 Å². The molecule has 26 heavy (non-hydrogen) atoms. The van der Waals surface area contributed by atoms with Gasteiger partial charge in [0.25, 0.3) is 5.91 Å². The van der Waals surface area contributed by atoms with Gasteiger partial charge in [0.05, 0.1) is 17.5 Å². The molecule has 0 atom stereocenters. The van der Waals surface area contributed by atoms with Gasteiger partial charge in [0.2, 0.25) is 10.0 Å². The summed E-state index contributed by atoms with van der Waals surface area (Å²) in [5.41, 5.74) is 0.709. The Bertz CT molecular complexity index is 913. The zero-order valence-electron chi connectivity index (χ0n) is 14.2. The Morgan fingerprint density at radius 1 is 1.12 bits per heavy atom. The van der Waals surface area contributed by atoms with Crippen LogP contribution in [0.2, 0.25) is 0 Å². The molecule has 0 aromatic heterocycles. The largest absolute Gasteiger partial charge is 0.452 e. The predicted octanol–water partition coefficient (Wildman–Crippen LogP) is 2.58. The molecule has 0 heterocycles. The second-order valence-electron chi connectivity index (χ2n) is 5.28. The average molecular weight is 394 g/mol. The predicted molar refractivity (Wildman–Crippen MR) is 102 cm³/mol. The number of ether oxygens (including phenoxy) is 1. The third-order valence-corrected chi connectivity index (χ3v) is 4.45. The number of sulfonamides is 1. The first-order chi connectivity index (χ1) is 12.3. The van der Waals surface area contributed by atoms with Gasteiger partial charge < -0.3 is 10.1 Å². The highest BCUT2D eigenvalue weighted by Gasteiger charge is 2.16. The van der Waals surface area contributed by atoms with Crippen molar-refractivity contribution < 1.29 is 22.7 Å². The second kappa shape index (κ2) is 8.72. The molecule has 0 aliphatic heterocycles. The van der Waals surface area contributed by atoms with Crippen LogP contribution < -0.4 is 10.0 Å². The number of hydrogen-bond donors (Lipinski definition) is 2. The first-order valence-electron chi connectivity index (χ1n) is 7.46. The molecule has 0 aliphatic carbocycles. The fraction of sp³-hybridized carbons (Fsp3) is 0.176. The van der Waals surface area contributed by atoms with Crippen LogP contribution in [0.5, 0.6) is 0 Å². The Kier molecular flexibility index (Phi) is 6.64. The molecule has 0 unspecified atom stereocenters. The maximum absolute atomic E-state index is 12.2. The number of amides is 1. The van der Waals surface area contributed by atoms with Gasteiger partial charge in [0.15, 0.2) is 6.61 Å². The number of para-hydroxylation sites is 1. The number of anilines is 2. The Morgan fingerprint density at radius 3 is 2.54 bits per heavy atom. The molecule has 0 saturated heterocycles. The number of thioether (sulfide) groups is 1. The molecular formula is C17H18N2O5S2. The van der Waals surface area contributed by atoms with E-state index in [9.17, 15) is 18.0 Å². The lowest BCUT2D eigenvalue weighted by Crippen LogP contribution is -2.22. The maximum Gasteiger partial charge on any atom is 0.340 e. The molecule has 0 fully saturated rings. The molecule has 0 spiro atoms. The molecule has 2 aromatic rings. The lowest BCUT2D eigenvalue weighted by Gasteiger charge is -2.11. The Balaban J connectivity index is 1.99. The van der Waals surface area contributed by atoms with Gasteiger partial charge in [-0.05, 0) is 36.6 Å². The van der Waals surface area contributed by atoms with E-state index >= 15 is 0 Å². The van der Waals surface area contributed by atoms with Gasteiger partial charge >= 0.3 is 5.97 Å². The van der Waals surface area contributed by atoms with E-state index in [0.29, 0.717) is 5.69 Å². The highest BCUT2D eigenvalue weighted by atomic mass is 32.2. The summed E-state index contributed by atoms with van der Waals surface area (Å²) in [6, 6.07) is 13.2. The van der Waals surface area contributed by atoms with Crippen molar-refractivity contribution in [1.82, 2.24) is 0 Å². The minimum Gasteiger partial charge on any atom is -0.452 e. The molecule has 2 rings (SSSR count). The number of carbonyl (C=O) groups excluding carboxylic acids is 2. The van der Waals surface area contributed by atoms with E-state index in [0.717, 1.165) is 11.2 Å². The van der Waals surface area contributed by atoms with Gasteiger partial charge in [-0.3, -0.25) is 9.52 Å². The minimum absolute atomic E-state index is 0.0232. The zero-order chi connectivity index (χ0) is 19.2. The monoisotopic (exact) mass is 394 g/mol. The van der Waals surface area contributed by atoms with Gasteiger partial charge in [-0.25, -0.2) is 13.2 Å². The lowest BCUT2D eigenvalue weighted by atomic mass is 10.2. The zero-order valence-corrected chi connectivity index (χ0v) is 15.8. The van der Waals surface area contributed by atoms with Gasteiger partial charge in [0.1, 0.15) is 0 Å². The normalized spacial score (nSPS) is 10.8. The summed E-state index contributed by atoms with van der Waals surface area (Å²) < 4.78 is 30.0. The second-order valence-corrected chi connectivity index (χ2v) is 7.90. The molecule has 0 radical (unpaired) electrons. The van der Waals surface area contributed by atoms with Crippen molar-refractivity contribution in [3.05, 3.63) is 54.1 Å². The Morgan fingerprint density at radius 2 is 1.85 bits per heavy atom. The number of rotatable bonds is 7. The minimum atomic E-state index is -3.55. The summed E-state index contributed by atoms with van der Waals surface area (Å²) in [5, 5.41) is 2.64. The fourth-order valence-corrected chi connectivity index (χ4v) is 3.09. The molecule has 1 amide bonds. The fourth-order valence-electron chi connectivity index (χ4n) is 2.06. The van der Waals surface area contributed by atoms with Crippen LogP contribution in [0.25, 0.3) is 0 Å². The number of carbonyl (C=O) groups is 2. The Labute approximate surface area is 156 Å². The summed E-state index contributed by atoms with van der Waals surface area (Å²) in [5.74, 6) is -1.30. The van der Waals surface area contributed by atoms with Crippen molar-refractivity contribution in [3.63, 3.8) is 0 Å². The standard InChI is InChI=1S/C17H18N2O5S2/c1-25-13-7-5-6-12(10-13)18-16(20)11-24-17(21)14-8-3-4-9-15(14)19-26(2,22)23/h3-10,19H,11H2,1-2H3,(H,18,20). The van der Waals surface area contributed by atoms with Crippen LogP contribution >= 0.6 is 11.8 Å². The van der Waals surface area contributed by atoms with E-state index in [4.69, 9.17) is 4.74 Å². The van der Waals surface area contributed by atoms with E-state index in [1.165, 1.54) is 23.9 Å². The summed E-state index contributed by atoms with van der Waals surface area (Å²) in [4.78, 5) is 25.1. The van der Waals surface area contributed by atoms with Gasteiger partial charge in [0, 0.05) is 10.6 Å². The third kappa shape index (κ3) is 6.08. The molecule has 0 bridgehead atoms. The van der Waals surface area contributed by atoms with E-state index in [-0.39, 0.29) is 11.3 Å². The Hall–Kier alpha value is -2.52. The number of hydrogen-bond acceptors (Lipinski definition) is 6.